The molecule has 8 heteroatoms. The van der Waals surface area contributed by atoms with E-state index in [9.17, 15) is 8.42 Å². The first kappa shape index (κ1) is 22.9. The molecule has 2 atom stereocenters. The quantitative estimate of drug-likeness (QED) is 0.607. The highest BCUT2D eigenvalue weighted by molar-refractivity contribution is 7.90. The maximum atomic E-state index is 12.0. The van der Waals surface area contributed by atoms with E-state index >= 15 is 0 Å². The summed E-state index contributed by atoms with van der Waals surface area (Å²) in [6.45, 7) is 12.4. The smallest absolute Gasteiger partial charge is 0.216 e. The Hall–Kier alpha value is -1.38. The number of morpholine rings is 1. The van der Waals surface area contributed by atoms with Crippen molar-refractivity contribution in [3.8, 4) is 0 Å². The van der Waals surface area contributed by atoms with E-state index in [-0.39, 0.29) is 12.2 Å². The molecule has 160 valence electrons. The van der Waals surface area contributed by atoms with Crippen molar-refractivity contribution in [2.75, 3.05) is 36.4 Å². The molecule has 2 rings (SSSR count). The van der Waals surface area contributed by atoms with Gasteiger partial charge in [-0.3, -0.25) is 0 Å². The van der Waals surface area contributed by atoms with Gasteiger partial charge in [-0.15, -0.1) is 0 Å². The number of unbranched alkanes of at least 4 members (excludes halogenated alkanes) is 2. The van der Waals surface area contributed by atoms with Gasteiger partial charge in [-0.05, 0) is 59.6 Å². The number of hydrogen-bond donors (Lipinski definition) is 2. The molecular weight excluding hydrogens is 376 g/mol. The van der Waals surface area contributed by atoms with Crippen molar-refractivity contribution >= 4 is 21.5 Å². The van der Waals surface area contributed by atoms with Crippen molar-refractivity contribution < 1.29 is 13.2 Å². The highest BCUT2D eigenvalue weighted by Gasteiger charge is 2.28. The lowest BCUT2D eigenvalue weighted by Crippen LogP contribution is -2.45. The highest BCUT2D eigenvalue weighted by Crippen LogP contribution is 2.19. The van der Waals surface area contributed by atoms with Crippen LogP contribution in [-0.2, 0) is 14.8 Å². The molecule has 1 aliphatic rings. The van der Waals surface area contributed by atoms with Crippen molar-refractivity contribution in [1.82, 2.24) is 9.71 Å². The number of hydrogen-bond acceptors (Lipinski definition) is 6. The lowest BCUT2D eigenvalue weighted by Gasteiger charge is -2.36. The minimum absolute atomic E-state index is 0.219. The summed E-state index contributed by atoms with van der Waals surface area (Å²) >= 11 is 0. The van der Waals surface area contributed by atoms with Gasteiger partial charge in [0, 0.05) is 26.2 Å². The average molecular weight is 413 g/mol. The van der Waals surface area contributed by atoms with Gasteiger partial charge in [0.2, 0.25) is 10.0 Å². The molecule has 1 aliphatic heterocycles. The Bertz CT molecular complexity index is 691. The van der Waals surface area contributed by atoms with E-state index in [1.54, 1.807) is 20.8 Å². The molecule has 0 radical (unpaired) electrons. The number of sulfonamides is 1. The number of ether oxygens (including phenoxy) is 1. The molecule has 1 aromatic rings. The van der Waals surface area contributed by atoms with Crippen molar-refractivity contribution in [2.45, 2.75) is 70.8 Å². The first-order valence-corrected chi connectivity index (χ1v) is 11.7. The zero-order valence-corrected chi connectivity index (χ0v) is 18.7. The summed E-state index contributed by atoms with van der Waals surface area (Å²) in [6, 6.07) is 4.11. The van der Waals surface area contributed by atoms with Crippen molar-refractivity contribution in [2.24, 2.45) is 0 Å². The van der Waals surface area contributed by atoms with Gasteiger partial charge < -0.3 is 15.0 Å². The largest absolute Gasteiger partial charge is 0.384 e. The Morgan fingerprint density at radius 3 is 2.32 bits per heavy atom. The van der Waals surface area contributed by atoms with E-state index in [0.717, 1.165) is 50.4 Å². The SMILES string of the molecule is C[C@@H]1CN(c2ccc(NCCCCCNS(=O)(=O)C(C)(C)C)cn2)C[C@H](C)O1. The Morgan fingerprint density at radius 2 is 1.75 bits per heavy atom. The summed E-state index contributed by atoms with van der Waals surface area (Å²) in [5.41, 5.74) is 1.01. The standard InChI is InChI=1S/C20H36N4O3S/c1-16-14-24(15-17(2)27-16)19-10-9-18(13-22-19)21-11-7-6-8-12-23-28(25,26)20(3,4)5/h9-10,13,16-17,21,23H,6-8,11-12,14-15H2,1-5H3/t16-,17+. The van der Waals surface area contributed by atoms with Crippen LogP contribution in [0, 0.1) is 0 Å². The van der Waals surface area contributed by atoms with Crippen LogP contribution in [0.1, 0.15) is 53.9 Å². The average Bonchev–Trinajstić information content (AvgIpc) is 2.59. The van der Waals surface area contributed by atoms with Gasteiger partial charge in [0.05, 0.1) is 28.8 Å². The molecule has 28 heavy (non-hydrogen) atoms. The van der Waals surface area contributed by atoms with Crippen LogP contribution in [0.15, 0.2) is 18.3 Å². The van der Waals surface area contributed by atoms with E-state index < -0.39 is 14.8 Å². The maximum absolute atomic E-state index is 12.0. The fourth-order valence-corrected chi connectivity index (χ4v) is 3.97. The van der Waals surface area contributed by atoms with Gasteiger partial charge in [-0.2, -0.15) is 0 Å². The first-order valence-electron chi connectivity index (χ1n) is 10.2. The predicted octanol–water partition coefficient (Wildman–Crippen LogP) is 3.00. The Labute approximate surface area is 170 Å². The molecule has 0 amide bonds. The number of pyridine rings is 1. The van der Waals surface area contributed by atoms with Gasteiger partial charge in [0.1, 0.15) is 5.82 Å². The zero-order valence-electron chi connectivity index (χ0n) is 17.9. The van der Waals surface area contributed by atoms with Crippen molar-refractivity contribution in [3.63, 3.8) is 0 Å². The molecular formula is C20H36N4O3S. The van der Waals surface area contributed by atoms with E-state index in [4.69, 9.17) is 4.74 Å². The molecule has 1 saturated heterocycles. The number of anilines is 2. The zero-order chi connectivity index (χ0) is 20.8. The summed E-state index contributed by atoms with van der Waals surface area (Å²) in [5, 5.41) is 3.38. The van der Waals surface area contributed by atoms with E-state index in [1.165, 1.54) is 0 Å². The maximum Gasteiger partial charge on any atom is 0.216 e. The second-order valence-electron chi connectivity index (χ2n) is 8.56. The fourth-order valence-electron chi connectivity index (χ4n) is 3.13. The second kappa shape index (κ2) is 9.89. The molecule has 0 bridgehead atoms. The topological polar surface area (TPSA) is 83.6 Å². The van der Waals surface area contributed by atoms with Crippen LogP contribution < -0.4 is 14.9 Å². The molecule has 0 saturated carbocycles. The monoisotopic (exact) mass is 412 g/mol. The summed E-state index contributed by atoms with van der Waals surface area (Å²) < 4.78 is 31.6. The summed E-state index contributed by atoms with van der Waals surface area (Å²) in [5.74, 6) is 0.985. The number of rotatable bonds is 9. The molecule has 1 fully saturated rings. The minimum Gasteiger partial charge on any atom is -0.384 e. The molecule has 2 N–H and O–H groups in total. The van der Waals surface area contributed by atoms with Crippen LogP contribution in [-0.4, -0.2) is 56.5 Å². The lowest BCUT2D eigenvalue weighted by atomic mass is 10.2. The fraction of sp³-hybridized carbons (Fsp3) is 0.750. The predicted molar refractivity (Wildman–Crippen MR) is 115 cm³/mol. The van der Waals surface area contributed by atoms with Crippen LogP contribution in [0.4, 0.5) is 11.5 Å². The highest BCUT2D eigenvalue weighted by atomic mass is 32.2. The van der Waals surface area contributed by atoms with Crippen LogP contribution >= 0.6 is 0 Å². The van der Waals surface area contributed by atoms with E-state index in [1.807, 2.05) is 12.3 Å². The Morgan fingerprint density at radius 1 is 1.11 bits per heavy atom. The van der Waals surface area contributed by atoms with E-state index in [2.05, 4.69) is 39.8 Å². The van der Waals surface area contributed by atoms with Gasteiger partial charge in [0.25, 0.3) is 0 Å². The first-order chi connectivity index (χ1) is 13.1. The molecule has 1 aromatic heterocycles. The summed E-state index contributed by atoms with van der Waals surface area (Å²) in [6.07, 6.45) is 5.10. The van der Waals surface area contributed by atoms with Crippen LogP contribution in [0.3, 0.4) is 0 Å². The molecule has 0 unspecified atom stereocenters. The van der Waals surface area contributed by atoms with Gasteiger partial charge in [-0.25, -0.2) is 18.1 Å². The number of nitrogens with one attached hydrogen (secondary N) is 2. The molecule has 0 spiro atoms. The molecule has 0 aromatic carbocycles. The molecule has 0 aliphatic carbocycles. The normalized spacial score (nSPS) is 21.0. The minimum atomic E-state index is -3.24. The van der Waals surface area contributed by atoms with Gasteiger partial charge in [0.15, 0.2) is 0 Å². The van der Waals surface area contributed by atoms with Crippen LogP contribution in [0.25, 0.3) is 0 Å². The second-order valence-corrected chi connectivity index (χ2v) is 11.1. The summed E-state index contributed by atoms with van der Waals surface area (Å²) in [7, 11) is -3.24. The van der Waals surface area contributed by atoms with Gasteiger partial charge >= 0.3 is 0 Å². The third kappa shape index (κ3) is 6.90. The van der Waals surface area contributed by atoms with Crippen molar-refractivity contribution in [3.05, 3.63) is 18.3 Å². The summed E-state index contributed by atoms with van der Waals surface area (Å²) in [4.78, 5) is 6.85. The molecule has 2 heterocycles. The van der Waals surface area contributed by atoms with Crippen molar-refractivity contribution in [1.29, 1.82) is 0 Å². The molecule has 7 nitrogen and oxygen atoms in total. The lowest BCUT2D eigenvalue weighted by molar-refractivity contribution is -0.00545. The number of aromatic nitrogens is 1. The third-order valence-corrected chi connectivity index (χ3v) is 6.97. The van der Waals surface area contributed by atoms with Gasteiger partial charge in [-0.1, -0.05) is 6.42 Å². The van der Waals surface area contributed by atoms with E-state index in [0.29, 0.717) is 6.54 Å². The van der Waals surface area contributed by atoms with Crippen LogP contribution in [0.2, 0.25) is 0 Å². The third-order valence-electron chi connectivity index (χ3n) is 4.77. The van der Waals surface area contributed by atoms with Crippen LogP contribution in [0.5, 0.6) is 0 Å². The Balaban J connectivity index is 1.65. The Kier molecular flexibility index (Phi) is 8.09. The number of nitrogens with zero attached hydrogens (tertiary/aromatic N) is 2.